The van der Waals surface area contributed by atoms with E-state index < -0.39 is 10.8 Å². The summed E-state index contributed by atoms with van der Waals surface area (Å²) in [5.41, 5.74) is 2.05. The van der Waals surface area contributed by atoms with Crippen molar-refractivity contribution < 1.29 is 14.1 Å². The average Bonchev–Trinajstić information content (AvgIpc) is 2.35. The van der Waals surface area contributed by atoms with Crippen molar-refractivity contribution in [3.8, 4) is 11.8 Å². The van der Waals surface area contributed by atoms with E-state index in [1.807, 2.05) is 13.0 Å². The van der Waals surface area contributed by atoms with E-state index in [0.717, 1.165) is 5.56 Å². The standard InChI is InChI=1S/C14H17NO3S/c1-11-5-6-13(12(10-11)4-3-8-16)14(17)15-7-9-19(2)18/h5-6,10,16H,7-9H2,1-2H3,(H,15,17). The first kappa shape index (κ1) is 15.4. The predicted molar refractivity (Wildman–Crippen MR) is 76.4 cm³/mol. The van der Waals surface area contributed by atoms with E-state index in [1.165, 1.54) is 0 Å². The predicted octanol–water partition coefficient (Wildman–Crippen LogP) is 0.447. The van der Waals surface area contributed by atoms with Crippen LogP contribution < -0.4 is 5.32 Å². The van der Waals surface area contributed by atoms with Gasteiger partial charge in [0.1, 0.15) is 6.61 Å². The van der Waals surface area contributed by atoms with E-state index in [9.17, 15) is 9.00 Å². The fourth-order valence-corrected chi connectivity index (χ4v) is 1.89. The minimum absolute atomic E-state index is 0.243. The molecule has 0 saturated heterocycles. The second-order valence-electron chi connectivity index (χ2n) is 4.04. The number of aliphatic hydroxyl groups is 1. The summed E-state index contributed by atoms with van der Waals surface area (Å²) in [6, 6.07) is 5.33. The zero-order chi connectivity index (χ0) is 14.3. The zero-order valence-electron chi connectivity index (χ0n) is 11.0. The van der Waals surface area contributed by atoms with Crippen LogP contribution in [0.1, 0.15) is 21.5 Å². The molecule has 102 valence electrons. The number of rotatable bonds is 4. The number of aryl methyl sites for hydroxylation is 1. The van der Waals surface area contributed by atoms with Crippen molar-refractivity contribution in [3.63, 3.8) is 0 Å². The van der Waals surface area contributed by atoms with Gasteiger partial charge in [-0.3, -0.25) is 9.00 Å². The molecule has 5 heteroatoms. The number of nitrogens with one attached hydrogen (secondary N) is 1. The van der Waals surface area contributed by atoms with Crippen molar-refractivity contribution in [2.24, 2.45) is 0 Å². The fraction of sp³-hybridized carbons (Fsp3) is 0.357. The minimum Gasteiger partial charge on any atom is -0.384 e. The fourth-order valence-electron chi connectivity index (χ4n) is 1.50. The summed E-state index contributed by atoms with van der Waals surface area (Å²) in [6.45, 7) is 2.03. The van der Waals surface area contributed by atoms with Gasteiger partial charge in [0.25, 0.3) is 5.91 Å². The molecule has 1 aromatic rings. The summed E-state index contributed by atoms with van der Waals surface area (Å²) in [5, 5.41) is 11.4. The molecule has 0 radical (unpaired) electrons. The Labute approximate surface area is 115 Å². The van der Waals surface area contributed by atoms with E-state index in [0.29, 0.717) is 23.4 Å². The highest BCUT2D eigenvalue weighted by Gasteiger charge is 2.09. The molecular formula is C14H17NO3S. The molecule has 1 unspecified atom stereocenters. The van der Waals surface area contributed by atoms with Crippen molar-refractivity contribution in [2.45, 2.75) is 6.92 Å². The van der Waals surface area contributed by atoms with Gasteiger partial charge in [-0.05, 0) is 24.6 Å². The maximum Gasteiger partial charge on any atom is 0.252 e. The van der Waals surface area contributed by atoms with Gasteiger partial charge in [0.2, 0.25) is 0 Å². The second-order valence-corrected chi connectivity index (χ2v) is 5.60. The van der Waals surface area contributed by atoms with Crippen LogP contribution >= 0.6 is 0 Å². The topological polar surface area (TPSA) is 66.4 Å². The van der Waals surface area contributed by atoms with Crippen LogP contribution in [0.5, 0.6) is 0 Å². The van der Waals surface area contributed by atoms with Crippen LogP contribution in [-0.2, 0) is 10.8 Å². The maximum atomic E-state index is 12.0. The molecule has 1 rings (SSSR count). The Kier molecular flexibility index (Phi) is 6.26. The van der Waals surface area contributed by atoms with E-state index in [-0.39, 0.29) is 12.5 Å². The Hall–Kier alpha value is -1.64. The van der Waals surface area contributed by atoms with Crippen molar-refractivity contribution in [1.29, 1.82) is 0 Å². The van der Waals surface area contributed by atoms with Crippen molar-refractivity contribution in [1.82, 2.24) is 5.32 Å². The molecule has 0 saturated carbocycles. The van der Waals surface area contributed by atoms with Gasteiger partial charge in [-0.15, -0.1) is 0 Å². The molecule has 19 heavy (non-hydrogen) atoms. The van der Waals surface area contributed by atoms with Gasteiger partial charge in [0.15, 0.2) is 0 Å². The highest BCUT2D eigenvalue weighted by Crippen LogP contribution is 2.10. The zero-order valence-corrected chi connectivity index (χ0v) is 11.8. The molecule has 0 aliphatic carbocycles. The van der Waals surface area contributed by atoms with E-state index in [4.69, 9.17) is 5.11 Å². The Morgan fingerprint density at radius 3 is 2.84 bits per heavy atom. The summed E-state index contributed by atoms with van der Waals surface area (Å²) < 4.78 is 10.9. The molecule has 1 amide bonds. The van der Waals surface area contributed by atoms with Gasteiger partial charge in [-0.25, -0.2) is 0 Å². The summed E-state index contributed by atoms with van der Waals surface area (Å²) in [7, 11) is -0.928. The van der Waals surface area contributed by atoms with Gasteiger partial charge in [0, 0.05) is 34.9 Å². The van der Waals surface area contributed by atoms with E-state index in [1.54, 1.807) is 18.4 Å². The average molecular weight is 279 g/mol. The molecule has 4 nitrogen and oxygen atoms in total. The van der Waals surface area contributed by atoms with Crippen LogP contribution in [0.25, 0.3) is 0 Å². The van der Waals surface area contributed by atoms with Crippen molar-refractivity contribution in [2.75, 3.05) is 25.2 Å². The Morgan fingerprint density at radius 1 is 1.47 bits per heavy atom. The van der Waals surface area contributed by atoms with E-state index >= 15 is 0 Å². The molecule has 0 bridgehead atoms. The molecule has 0 spiro atoms. The number of carbonyl (C=O) groups excluding carboxylic acids is 1. The molecule has 0 aliphatic heterocycles. The lowest BCUT2D eigenvalue weighted by Crippen LogP contribution is -2.28. The van der Waals surface area contributed by atoms with Crippen LogP contribution in [0.2, 0.25) is 0 Å². The number of aliphatic hydroxyl groups excluding tert-OH is 1. The van der Waals surface area contributed by atoms with Crippen LogP contribution in [0.3, 0.4) is 0 Å². The van der Waals surface area contributed by atoms with Crippen LogP contribution in [-0.4, -0.2) is 40.4 Å². The monoisotopic (exact) mass is 279 g/mol. The van der Waals surface area contributed by atoms with E-state index in [2.05, 4.69) is 17.2 Å². The third kappa shape index (κ3) is 5.25. The second kappa shape index (κ2) is 7.72. The maximum absolute atomic E-state index is 12.0. The normalized spacial score (nSPS) is 11.3. The third-order valence-electron chi connectivity index (χ3n) is 2.40. The summed E-state index contributed by atoms with van der Waals surface area (Å²) >= 11 is 0. The first-order valence-electron chi connectivity index (χ1n) is 5.83. The SMILES string of the molecule is Cc1ccc(C(=O)NCCS(C)=O)c(C#CCO)c1. The lowest BCUT2D eigenvalue weighted by atomic mass is 10.0. The Bertz CT molecular complexity index is 543. The molecule has 0 aliphatic rings. The number of hydrogen-bond donors (Lipinski definition) is 2. The molecule has 0 heterocycles. The van der Waals surface area contributed by atoms with Gasteiger partial charge < -0.3 is 10.4 Å². The van der Waals surface area contributed by atoms with Crippen molar-refractivity contribution in [3.05, 3.63) is 34.9 Å². The molecule has 0 fully saturated rings. The number of carbonyl (C=O) groups is 1. The third-order valence-corrected chi connectivity index (χ3v) is 3.18. The van der Waals surface area contributed by atoms with Crippen LogP contribution in [0.15, 0.2) is 18.2 Å². The largest absolute Gasteiger partial charge is 0.384 e. The first-order valence-corrected chi connectivity index (χ1v) is 7.56. The van der Waals surface area contributed by atoms with Crippen LogP contribution in [0, 0.1) is 18.8 Å². The van der Waals surface area contributed by atoms with Crippen molar-refractivity contribution >= 4 is 16.7 Å². The number of hydrogen-bond acceptors (Lipinski definition) is 3. The molecule has 1 aromatic carbocycles. The molecule has 2 N–H and O–H groups in total. The molecule has 1 atom stereocenters. The Balaban J connectivity index is 2.86. The summed E-state index contributed by atoms with van der Waals surface area (Å²) in [6.07, 6.45) is 1.59. The lowest BCUT2D eigenvalue weighted by Gasteiger charge is -2.07. The quantitative estimate of drug-likeness (QED) is 0.786. The smallest absolute Gasteiger partial charge is 0.252 e. The number of benzene rings is 1. The Morgan fingerprint density at radius 2 is 2.21 bits per heavy atom. The molecule has 0 aromatic heterocycles. The molecular weight excluding hydrogens is 262 g/mol. The minimum atomic E-state index is -0.928. The highest BCUT2D eigenvalue weighted by molar-refractivity contribution is 7.84. The van der Waals surface area contributed by atoms with Gasteiger partial charge >= 0.3 is 0 Å². The summed E-state index contributed by atoms with van der Waals surface area (Å²) in [4.78, 5) is 12.0. The van der Waals surface area contributed by atoms with Gasteiger partial charge in [-0.1, -0.05) is 17.9 Å². The lowest BCUT2D eigenvalue weighted by molar-refractivity contribution is 0.0956. The number of amides is 1. The highest BCUT2D eigenvalue weighted by atomic mass is 32.2. The summed E-state index contributed by atoms with van der Waals surface area (Å²) in [5.74, 6) is 5.48. The van der Waals surface area contributed by atoms with Crippen LogP contribution in [0.4, 0.5) is 0 Å². The van der Waals surface area contributed by atoms with Gasteiger partial charge in [0.05, 0.1) is 5.56 Å². The first-order chi connectivity index (χ1) is 9.04. The van der Waals surface area contributed by atoms with Gasteiger partial charge in [-0.2, -0.15) is 0 Å².